The van der Waals surface area contributed by atoms with Gasteiger partial charge in [0, 0.05) is 38.4 Å². The lowest BCUT2D eigenvalue weighted by Gasteiger charge is -2.35. The van der Waals surface area contributed by atoms with Gasteiger partial charge in [0.1, 0.15) is 5.82 Å². The average molecular weight is 442 g/mol. The Bertz CT molecular complexity index is 906. The van der Waals surface area contributed by atoms with E-state index >= 15 is 0 Å². The van der Waals surface area contributed by atoms with Gasteiger partial charge < -0.3 is 15.5 Å². The monoisotopic (exact) mass is 441 g/mol. The molecular weight excluding hydrogens is 414 g/mol. The van der Waals surface area contributed by atoms with Gasteiger partial charge in [-0.3, -0.25) is 14.5 Å². The molecule has 8 heteroatoms. The average Bonchev–Trinajstić information content (AvgIpc) is 3.28. The van der Waals surface area contributed by atoms with Crippen LogP contribution in [0.5, 0.6) is 0 Å². The van der Waals surface area contributed by atoms with Crippen LogP contribution < -0.4 is 15.5 Å². The largest absolute Gasteiger partial charge is 0.354 e. The molecule has 1 saturated carbocycles. The maximum Gasteiger partial charge on any atom is 0.253 e. The Morgan fingerprint density at radius 2 is 1.77 bits per heavy atom. The molecule has 164 valence electrons. The number of hydrogen-bond acceptors (Lipinski definition) is 5. The zero-order valence-corrected chi connectivity index (χ0v) is 18.3. The van der Waals surface area contributed by atoms with Crippen molar-refractivity contribution in [3.05, 3.63) is 53.2 Å². The minimum Gasteiger partial charge on any atom is -0.354 e. The number of carbonyl (C=O) groups is 2. The molecule has 1 saturated heterocycles. The third-order valence-electron chi connectivity index (χ3n) is 5.91. The summed E-state index contributed by atoms with van der Waals surface area (Å²) in [5.74, 6) is 0.668. The van der Waals surface area contributed by atoms with Gasteiger partial charge in [-0.15, -0.1) is 0 Å². The van der Waals surface area contributed by atoms with E-state index in [1.807, 2.05) is 24.3 Å². The van der Waals surface area contributed by atoms with E-state index in [9.17, 15) is 9.59 Å². The van der Waals surface area contributed by atoms with Crippen LogP contribution in [0.15, 0.2) is 42.6 Å². The fourth-order valence-electron chi connectivity index (χ4n) is 4.21. The standard InChI is InChI=1S/C23H28ClN5O2/c24-17-9-10-21(25-15-17)29-13-11-28(12-14-29)16-22(30)27-20-8-4-3-7-19(20)23(31)26-18-5-1-2-6-18/h3-4,7-10,15,18H,1-2,5-6,11-14,16H2,(H,26,31)(H,27,30). The zero-order valence-electron chi connectivity index (χ0n) is 17.5. The summed E-state index contributed by atoms with van der Waals surface area (Å²) in [6, 6.07) is 11.2. The van der Waals surface area contributed by atoms with Gasteiger partial charge in [0.15, 0.2) is 0 Å². The summed E-state index contributed by atoms with van der Waals surface area (Å²) in [6.45, 7) is 3.41. The molecule has 2 fully saturated rings. The van der Waals surface area contributed by atoms with Gasteiger partial charge in [0.05, 0.1) is 22.8 Å². The summed E-state index contributed by atoms with van der Waals surface area (Å²) in [5, 5.41) is 6.65. The lowest BCUT2D eigenvalue weighted by atomic mass is 10.1. The van der Waals surface area contributed by atoms with E-state index in [0.717, 1.165) is 57.7 Å². The minimum atomic E-state index is -0.119. The van der Waals surface area contributed by atoms with E-state index in [4.69, 9.17) is 11.6 Å². The van der Waals surface area contributed by atoms with E-state index in [2.05, 4.69) is 25.4 Å². The molecule has 2 aromatic rings. The lowest BCUT2D eigenvalue weighted by molar-refractivity contribution is -0.117. The van der Waals surface area contributed by atoms with Crippen LogP contribution in [0, 0.1) is 0 Å². The van der Waals surface area contributed by atoms with E-state index < -0.39 is 0 Å². The number of piperazine rings is 1. The molecular formula is C23H28ClN5O2. The van der Waals surface area contributed by atoms with Crippen LogP contribution in [-0.2, 0) is 4.79 Å². The molecule has 2 amide bonds. The van der Waals surface area contributed by atoms with Crippen molar-refractivity contribution < 1.29 is 9.59 Å². The number of benzene rings is 1. The Morgan fingerprint density at radius 1 is 1.03 bits per heavy atom. The molecule has 1 aliphatic heterocycles. The first-order valence-electron chi connectivity index (χ1n) is 10.9. The highest BCUT2D eigenvalue weighted by Crippen LogP contribution is 2.21. The Labute approximate surface area is 187 Å². The van der Waals surface area contributed by atoms with Crippen molar-refractivity contribution in [3.8, 4) is 0 Å². The Balaban J connectivity index is 1.29. The molecule has 0 atom stereocenters. The van der Waals surface area contributed by atoms with Crippen molar-refractivity contribution >= 4 is 34.9 Å². The molecule has 2 heterocycles. The summed E-state index contributed by atoms with van der Waals surface area (Å²) in [7, 11) is 0. The van der Waals surface area contributed by atoms with E-state index in [1.54, 1.807) is 18.3 Å². The molecule has 0 bridgehead atoms. The number of pyridine rings is 1. The third kappa shape index (κ3) is 5.74. The van der Waals surface area contributed by atoms with Gasteiger partial charge in [0.25, 0.3) is 5.91 Å². The van der Waals surface area contributed by atoms with Crippen LogP contribution in [0.1, 0.15) is 36.0 Å². The van der Waals surface area contributed by atoms with Gasteiger partial charge in [-0.1, -0.05) is 36.6 Å². The predicted octanol–water partition coefficient (Wildman–Crippen LogP) is 3.17. The highest BCUT2D eigenvalue weighted by molar-refractivity contribution is 6.30. The van der Waals surface area contributed by atoms with Crippen LogP contribution in [0.3, 0.4) is 0 Å². The second-order valence-corrected chi connectivity index (χ2v) is 8.58. The fourth-order valence-corrected chi connectivity index (χ4v) is 4.32. The highest BCUT2D eigenvalue weighted by atomic mass is 35.5. The summed E-state index contributed by atoms with van der Waals surface area (Å²) in [6.07, 6.45) is 6.02. The first kappa shape index (κ1) is 21.6. The normalized spacial score (nSPS) is 17.5. The van der Waals surface area contributed by atoms with Crippen molar-refractivity contribution in [1.82, 2.24) is 15.2 Å². The van der Waals surface area contributed by atoms with Crippen LogP contribution >= 0.6 is 11.6 Å². The van der Waals surface area contributed by atoms with Crippen molar-refractivity contribution in [3.63, 3.8) is 0 Å². The second kappa shape index (κ2) is 10.1. The molecule has 2 N–H and O–H groups in total. The number of anilines is 2. The van der Waals surface area contributed by atoms with Crippen LogP contribution in [-0.4, -0.2) is 60.5 Å². The number of carbonyl (C=O) groups excluding carboxylic acids is 2. The minimum absolute atomic E-state index is 0.112. The number of rotatable bonds is 6. The molecule has 0 radical (unpaired) electrons. The van der Waals surface area contributed by atoms with Crippen LogP contribution in [0.25, 0.3) is 0 Å². The first-order valence-corrected chi connectivity index (χ1v) is 11.2. The number of para-hydroxylation sites is 1. The van der Waals surface area contributed by atoms with Gasteiger partial charge >= 0.3 is 0 Å². The molecule has 2 aliphatic rings. The molecule has 1 aliphatic carbocycles. The Kier molecular flexibility index (Phi) is 7.04. The summed E-state index contributed by atoms with van der Waals surface area (Å²) >= 11 is 5.91. The predicted molar refractivity (Wildman–Crippen MR) is 123 cm³/mol. The van der Waals surface area contributed by atoms with Crippen molar-refractivity contribution in [2.45, 2.75) is 31.7 Å². The second-order valence-electron chi connectivity index (χ2n) is 8.15. The Hall–Kier alpha value is -2.64. The van der Waals surface area contributed by atoms with Crippen LogP contribution in [0.4, 0.5) is 11.5 Å². The number of halogens is 1. The molecule has 1 aromatic heterocycles. The smallest absolute Gasteiger partial charge is 0.253 e. The molecule has 0 spiro atoms. The zero-order chi connectivity index (χ0) is 21.6. The first-order chi connectivity index (χ1) is 15.1. The third-order valence-corrected chi connectivity index (χ3v) is 6.14. The number of hydrogen-bond donors (Lipinski definition) is 2. The number of amides is 2. The quantitative estimate of drug-likeness (QED) is 0.720. The van der Waals surface area contributed by atoms with Gasteiger partial charge in [-0.25, -0.2) is 4.98 Å². The van der Waals surface area contributed by atoms with E-state index in [-0.39, 0.29) is 17.9 Å². The molecule has 31 heavy (non-hydrogen) atoms. The maximum atomic E-state index is 12.7. The van der Waals surface area contributed by atoms with Crippen molar-refractivity contribution in [1.29, 1.82) is 0 Å². The summed E-state index contributed by atoms with van der Waals surface area (Å²) < 4.78 is 0. The molecule has 7 nitrogen and oxygen atoms in total. The maximum absolute atomic E-state index is 12.7. The van der Waals surface area contributed by atoms with Crippen molar-refractivity contribution in [2.75, 3.05) is 42.9 Å². The SMILES string of the molecule is O=C(CN1CCN(c2ccc(Cl)cn2)CC1)Nc1ccccc1C(=O)NC1CCCC1. The van der Waals surface area contributed by atoms with Gasteiger partial charge in [0.2, 0.25) is 5.91 Å². The topological polar surface area (TPSA) is 77.6 Å². The van der Waals surface area contributed by atoms with Gasteiger partial charge in [-0.2, -0.15) is 0 Å². The fraction of sp³-hybridized carbons (Fsp3) is 0.435. The van der Waals surface area contributed by atoms with E-state index in [0.29, 0.717) is 22.8 Å². The number of aromatic nitrogens is 1. The Morgan fingerprint density at radius 3 is 2.48 bits per heavy atom. The summed E-state index contributed by atoms with van der Waals surface area (Å²) in [4.78, 5) is 34.0. The summed E-state index contributed by atoms with van der Waals surface area (Å²) in [5.41, 5.74) is 1.08. The van der Waals surface area contributed by atoms with Crippen molar-refractivity contribution in [2.24, 2.45) is 0 Å². The highest BCUT2D eigenvalue weighted by Gasteiger charge is 2.22. The lowest BCUT2D eigenvalue weighted by Crippen LogP contribution is -2.49. The number of nitrogens with zero attached hydrogens (tertiary/aromatic N) is 3. The van der Waals surface area contributed by atoms with Crippen LogP contribution in [0.2, 0.25) is 5.02 Å². The number of nitrogens with one attached hydrogen (secondary N) is 2. The van der Waals surface area contributed by atoms with E-state index in [1.165, 1.54) is 0 Å². The van der Waals surface area contributed by atoms with Gasteiger partial charge in [-0.05, 0) is 37.1 Å². The molecule has 0 unspecified atom stereocenters. The molecule has 1 aromatic carbocycles. The molecule has 4 rings (SSSR count).